The number of hydrogen-bond acceptors (Lipinski definition) is 4. The number of amides is 1. The van der Waals surface area contributed by atoms with E-state index in [4.69, 9.17) is 4.74 Å². The molecule has 1 N–H and O–H groups in total. The van der Waals surface area contributed by atoms with Crippen molar-refractivity contribution in [2.75, 3.05) is 11.9 Å². The van der Waals surface area contributed by atoms with Gasteiger partial charge in [-0.1, -0.05) is 31.5 Å². The molecular weight excluding hydrogens is 416 g/mol. The zero-order chi connectivity index (χ0) is 23.8. The van der Waals surface area contributed by atoms with Crippen molar-refractivity contribution in [1.29, 1.82) is 0 Å². The van der Waals surface area contributed by atoms with Crippen molar-refractivity contribution in [1.82, 2.24) is 4.57 Å². The fraction of sp³-hybridized carbons (Fsp3) is 0.296. The van der Waals surface area contributed by atoms with Crippen molar-refractivity contribution >= 4 is 17.4 Å². The van der Waals surface area contributed by atoms with Crippen molar-refractivity contribution in [2.24, 2.45) is 5.41 Å². The van der Waals surface area contributed by atoms with Crippen LogP contribution < -0.4 is 15.6 Å². The average molecular weight is 445 g/mol. The first-order valence-corrected chi connectivity index (χ1v) is 11.1. The summed E-state index contributed by atoms with van der Waals surface area (Å²) in [5.74, 6) is 0.0853. The Bertz CT molecular complexity index is 1270. The van der Waals surface area contributed by atoms with Crippen LogP contribution in [0, 0.1) is 12.3 Å². The van der Waals surface area contributed by atoms with E-state index in [0.29, 0.717) is 47.8 Å². The number of nitrogens with zero attached hydrogens (tertiary/aromatic N) is 1. The topological polar surface area (TPSA) is 77.4 Å². The van der Waals surface area contributed by atoms with Crippen LogP contribution in [0.5, 0.6) is 5.75 Å². The molecule has 33 heavy (non-hydrogen) atoms. The number of ketones is 1. The van der Waals surface area contributed by atoms with Gasteiger partial charge >= 0.3 is 0 Å². The van der Waals surface area contributed by atoms with E-state index in [2.05, 4.69) is 5.32 Å². The largest absolute Gasteiger partial charge is 0.494 e. The maximum Gasteiger partial charge on any atom is 0.268 e. The molecule has 170 valence electrons. The van der Waals surface area contributed by atoms with Gasteiger partial charge in [-0.05, 0) is 68.1 Å². The Morgan fingerprint density at radius 1 is 1.03 bits per heavy atom. The quantitative estimate of drug-likeness (QED) is 0.604. The van der Waals surface area contributed by atoms with Crippen LogP contribution in [-0.2, 0) is 6.42 Å². The molecule has 4 rings (SSSR count). The fourth-order valence-electron chi connectivity index (χ4n) is 4.24. The van der Waals surface area contributed by atoms with Crippen molar-refractivity contribution in [2.45, 2.75) is 40.5 Å². The monoisotopic (exact) mass is 444 g/mol. The van der Waals surface area contributed by atoms with Crippen molar-refractivity contribution in [3.8, 4) is 11.4 Å². The highest BCUT2D eigenvalue weighted by Crippen LogP contribution is 2.35. The molecule has 0 atom stereocenters. The predicted molar refractivity (Wildman–Crippen MR) is 129 cm³/mol. The molecule has 0 saturated heterocycles. The van der Waals surface area contributed by atoms with Crippen LogP contribution in [-0.4, -0.2) is 22.9 Å². The summed E-state index contributed by atoms with van der Waals surface area (Å²) in [7, 11) is 0. The second-order valence-corrected chi connectivity index (χ2v) is 9.25. The second kappa shape index (κ2) is 8.70. The third-order valence-corrected chi connectivity index (χ3v) is 5.85. The number of benzene rings is 2. The van der Waals surface area contributed by atoms with Crippen LogP contribution in [0.3, 0.4) is 0 Å². The first-order valence-electron chi connectivity index (χ1n) is 11.1. The van der Waals surface area contributed by atoms with Gasteiger partial charge < -0.3 is 10.1 Å². The van der Waals surface area contributed by atoms with E-state index in [1.54, 1.807) is 36.4 Å². The second-order valence-electron chi connectivity index (χ2n) is 9.25. The van der Waals surface area contributed by atoms with Crippen LogP contribution in [0.2, 0.25) is 0 Å². The molecule has 0 unspecified atom stereocenters. The van der Waals surface area contributed by atoms with Gasteiger partial charge in [-0.15, -0.1) is 0 Å². The maximum absolute atomic E-state index is 13.6. The maximum atomic E-state index is 13.6. The molecule has 0 saturated carbocycles. The van der Waals surface area contributed by atoms with Gasteiger partial charge in [0.2, 0.25) is 0 Å². The molecule has 1 aromatic heterocycles. The number of carbonyl (C=O) groups excluding carboxylic acids is 2. The summed E-state index contributed by atoms with van der Waals surface area (Å²) < 4.78 is 7.03. The van der Waals surface area contributed by atoms with Gasteiger partial charge in [0, 0.05) is 29.1 Å². The first kappa shape index (κ1) is 22.5. The Hall–Kier alpha value is -3.67. The van der Waals surface area contributed by atoms with Crippen LogP contribution in [0.15, 0.2) is 59.4 Å². The smallest absolute Gasteiger partial charge is 0.268 e. The summed E-state index contributed by atoms with van der Waals surface area (Å²) in [6, 6.07) is 15.9. The highest BCUT2D eigenvalue weighted by Gasteiger charge is 2.35. The molecule has 1 aliphatic carbocycles. The van der Waals surface area contributed by atoms with Gasteiger partial charge in [0.1, 0.15) is 11.3 Å². The number of nitrogens with one attached hydrogen (secondary N) is 1. The number of hydrogen-bond donors (Lipinski definition) is 1. The van der Waals surface area contributed by atoms with Gasteiger partial charge in [0.25, 0.3) is 11.5 Å². The number of pyridine rings is 1. The molecule has 6 nitrogen and oxygen atoms in total. The summed E-state index contributed by atoms with van der Waals surface area (Å²) >= 11 is 0. The number of aromatic nitrogens is 1. The molecule has 0 bridgehead atoms. The summed E-state index contributed by atoms with van der Waals surface area (Å²) in [4.78, 5) is 39.8. The van der Waals surface area contributed by atoms with Gasteiger partial charge in [0.15, 0.2) is 5.78 Å². The minimum Gasteiger partial charge on any atom is -0.494 e. The SMILES string of the molecule is CCOc1ccc(-n2c3c(cc(C(=O)Nc4ccc(C)cc4)c2=O)C(=O)CC(C)(C)C3)cc1. The highest BCUT2D eigenvalue weighted by molar-refractivity contribution is 6.07. The molecule has 3 aromatic rings. The predicted octanol–water partition coefficient (Wildman–Crippen LogP) is 4.95. The Morgan fingerprint density at radius 3 is 2.33 bits per heavy atom. The standard InChI is InChI=1S/C27H28N2O4/c1-5-33-20-12-10-19(11-13-20)29-23-15-27(3,4)16-24(30)21(23)14-22(26(29)32)25(31)28-18-8-6-17(2)7-9-18/h6-14H,5,15-16H2,1-4H3,(H,28,31). The fourth-order valence-corrected chi connectivity index (χ4v) is 4.24. The lowest BCUT2D eigenvalue weighted by Crippen LogP contribution is -2.37. The van der Waals surface area contributed by atoms with E-state index < -0.39 is 11.5 Å². The van der Waals surface area contributed by atoms with Gasteiger partial charge in [-0.25, -0.2) is 0 Å². The minimum absolute atomic E-state index is 0.0590. The molecule has 2 aromatic carbocycles. The number of rotatable bonds is 5. The minimum atomic E-state index is -0.538. The van der Waals surface area contributed by atoms with Crippen LogP contribution in [0.1, 0.15) is 59.2 Å². The lowest BCUT2D eigenvalue weighted by atomic mass is 9.75. The molecule has 0 radical (unpaired) electrons. The van der Waals surface area contributed by atoms with E-state index >= 15 is 0 Å². The highest BCUT2D eigenvalue weighted by atomic mass is 16.5. The van der Waals surface area contributed by atoms with Gasteiger partial charge in [0.05, 0.1) is 6.61 Å². The third-order valence-electron chi connectivity index (χ3n) is 5.85. The summed E-state index contributed by atoms with van der Waals surface area (Å²) in [6.45, 7) is 8.42. The molecule has 1 heterocycles. The summed E-state index contributed by atoms with van der Waals surface area (Å²) in [6.07, 6.45) is 0.914. The number of Topliss-reactive ketones (excluding diaryl/α,β-unsaturated/α-hetero) is 1. The van der Waals surface area contributed by atoms with Crippen LogP contribution in [0.4, 0.5) is 5.69 Å². The first-order chi connectivity index (χ1) is 15.7. The zero-order valence-electron chi connectivity index (χ0n) is 19.4. The number of fused-ring (bicyclic) bond motifs is 1. The van der Waals surface area contributed by atoms with Crippen LogP contribution >= 0.6 is 0 Å². The molecule has 0 spiro atoms. The average Bonchev–Trinajstić information content (AvgIpc) is 2.75. The Morgan fingerprint density at radius 2 is 1.70 bits per heavy atom. The third kappa shape index (κ3) is 4.60. The van der Waals surface area contributed by atoms with E-state index in [1.807, 2.05) is 39.8 Å². The van der Waals surface area contributed by atoms with E-state index in [0.717, 1.165) is 5.56 Å². The normalized spacial score (nSPS) is 14.5. The van der Waals surface area contributed by atoms with E-state index in [-0.39, 0.29) is 16.8 Å². The van der Waals surface area contributed by atoms with Gasteiger partial charge in [-0.2, -0.15) is 0 Å². The number of ether oxygens (including phenoxy) is 1. The molecule has 0 aliphatic heterocycles. The van der Waals surface area contributed by atoms with E-state index in [9.17, 15) is 14.4 Å². The molecule has 0 fully saturated rings. The van der Waals surface area contributed by atoms with Gasteiger partial charge in [-0.3, -0.25) is 19.0 Å². The summed E-state index contributed by atoms with van der Waals surface area (Å²) in [5.41, 5.74) is 2.51. The lowest BCUT2D eigenvalue weighted by molar-refractivity contribution is 0.0908. The molecule has 1 aliphatic rings. The van der Waals surface area contributed by atoms with Crippen molar-refractivity contribution in [3.05, 3.63) is 87.3 Å². The number of carbonyl (C=O) groups is 2. The molecule has 6 heteroatoms. The summed E-state index contributed by atoms with van der Waals surface area (Å²) in [5, 5.41) is 2.79. The number of anilines is 1. The molecular formula is C27H28N2O4. The Labute approximate surface area is 193 Å². The molecule has 1 amide bonds. The Balaban J connectivity index is 1.85. The zero-order valence-corrected chi connectivity index (χ0v) is 19.4. The number of aryl methyl sites for hydroxylation is 1. The van der Waals surface area contributed by atoms with E-state index in [1.165, 1.54) is 10.6 Å². The van der Waals surface area contributed by atoms with Crippen molar-refractivity contribution < 1.29 is 14.3 Å². The lowest BCUT2D eigenvalue weighted by Gasteiger charge is -2.32. The van der Waals surface area contributed by atoms with Crippen LogP contribution in [0.25, 0.3) is 5.69 Å². The van der Waals surface area contributed by atoms with Crippen molar-refractivity contribution in [3.63, 3.8) is 0 Å². The Kier molecular flexibility index (Phi) is 5.93.